The molecule has 2 unspecified atom stereocenters. The predicted octanol–water partition coefficient (Wildman–Crippen LogP) is 2.23. The molecule has 1 fully saturated rings. The molecule has 0 heterocycles. The number of likely N-dealkylation sites (N-methyl/N-ethyl adjacent to an activating group) is 1. The first kappa shape index (κ1) is 12.0. The topological polar surface area (TPSA) is 29.3 Å². The van der Waals surface area contributed by atoms with E-state index < -0.39 is 0 Å². The van der Waals surface area contributed by atoms with Gasteiger partial charge in [-0.2, -0.15) is 0 Å². The van der Waals surface area contributed by atoms with Crippen LogP contribution in [0.5, 0.6) is 0 Å². The molecule has 1 aliphatic rings. The van der Waals surface area contributed by atoms with E-state index in [-0.39, 0.29) is 5.54 Å². The largest absolute Gasteiger partial charge is 0.324 e. The van der Waals surface area contributed by atoms with Crippen LogP contribution < -0.4 is 5.73 Å². The summed E-state index contributed by atoms with van der Waals surface area (Å²) < 4.78 is 0. The Morgan fingerprint density at radius 1 is 1.29 bits per heavy atom. The lowest BCUT2D eigenvalue weighted by Gasteiger charge is -2.39. The van der Waals surface area contributed by atoms with Gasteiger partial charge in [0, 0.05) is 18.1 Å². The summed E-state index contributed by atoms with van der Waals surface area (Å²) in [5.41, 5.74) is 5.98. The average Bonchev–Trinajstić information content (AvgIpc) is 2.01. The van der Waals surface area contributed by atoms with Crippen LogP contribution in [0.3, 0.4) is 0 Å². The van der Waals surface area contributed by atoms with E-state index in [0.717, 1.165) is 18.5 Å². The van der Waals surface area contributed by atoms with Gasteiger partial charge in [-0.1, -0.05) is 19.8 Å². The summed E-state index contributed by atoms with van der Waals surface area (Å²) in [7, 11) is 2.22. The maximum absolute atomic E-state index is 6.05. The summed E-state index contributed by atoms with van der Waals surface area (Å²) in [6.07, 6.45) is 5.55. The van der Waals surface area contributed by atoms with E-state index in [1.807, 2.05) is 0 Å². The van der Waals surface area contributed by atoms with Gasteiger partial charge in [-0.15, -0.1) is 0 Å². The minimum atomic E-state index is -0.0636. The van der Waals surface area contributed by atoms with E-state index in [2.05, 4.69) is 32.7 Å². The molecule has 2 nitrogen and oxygen atoms in total. The van der Waals surface area contributed by atoms with Crippen molar-refractivity contribution in [2.45, 2.75) is 58.0 Å². The smallest absolute Gasteiger partial charge is 0.0226 e. The Bertz CT molecular complexity index is 172. The molecule has 2 atom stereocenters. The molecule has 0 aliphatic heterocycles. The van der Waals surface area contributed by atoms with Crippen LogP contribution >= 0.6 is 0 Å². The number of rotatable bonds is 3. The van der Waals surface area contributed by atoms with Crippen LogP contribution in [0.15, 0.2) is 0 Å². The molecule has 0 amide bonds. The van der Waals surface area contributed by atoms with Gasteiger partial charge in [-0.05, 0) is 39.7 Å². The van der Waals surface area contributed by atoms with Crippen molar-refractivity contribution in [3.63, 3.8) is 0 Å². The first-order valence-electron chi connectivity index (χ1n) is 5.89. The van der Waals surface area contributed by atoms with Gasteiger partial charge in [0.15, 0.2) is 0 Å². The molecule has 2 N–H and O–H groups in total. The van der Waals surface area contributed by atoms with Crippen molar-refractivity contribution in [3.8, 4) is 0 Å². The Balaban J connectivity index is 2.46. The number of hydrogen-bond donors (Lipinski definition) is 1. The summed E-state index contributed by atoms with van der Waals surface area (Å²) in [5, 5.41) is 0. The van der Waals surface area contributed by atoms with Gasteiger partial charge in [-0.25, -0.2) is 0 Å². The van der Waals surface area contributed by atoms with Crippen molar-refractivity contribution in [2.75, 3.05) is 13.6 Å². The lowest BCUT2D eigenvalue weighted by molar-refractivity contribution is 0.120. The summed E-state index contributed by atoms with van der Waals surface area (Å²) in [6, 6.07) is 0.756. The van der Waals surface area contributed by atoms with Gasteiger partial charge in [-0.3, -0.25) is 0 Å². The van der Waals surface area contributed by atoms with Crippen LogP contribution in [0.1, 0.15) is 46.5 Å². The van der Waals surface area contributed by atoms with Crippen LogP contribution in [0.2, 0.25) is 0 Å². The normalized spacial score (nSPS) is 29.6. The maximum atomic E-state index is 6.05. The van der Waals surface area contributed by atoms with Gasteiger partial charge < -0.3 is 10.6 Å². The van der Waals surface area contributed by atoms with E-state index >= 15 is 0 Å². The predicted molar refractivity (Wildman–Crippen MR) is 62.3 cm³/mol. The van der Waals surface area contributed by atoms with E-state index in [9.17, 15) is 0 Å². The van der Waals surface area contributed by atoms with Crippen molar-refractivity contribution in [1.82, 2.24) is 4.90 Å². The minimum absolute atomic E-state index is 0.0636. The SMILES string of the molecule is CC1CCCCC1N(C)CC(C)(C)N. The van der Waals surface area contributed by atoms with Crippen LogP contribution in [0, 0.1) is 5.92 Å². The highest BCUT2D eigenvalue weighted by atomic mass is 15.2. The fraction of sp³-hybridized carbons (Fsp3) is 1.00. The fourth-order valence-electron chi connectivity index (χ4n) is 2.71. The lowest BCUT2D eigenvalue weighted by Crippen LogP contribution is -2.49. The first-order valence-corrected chi connectivity index (χ1v) is 5.89. The fourth-order valence-corrected chi connectivity index (χ4v) is 2.71. The zero-order chi connectivity index (χ0) is 10.8. The van der Waals surface area contributed by atoms with Crippen LogP contribution in [-0.2, 0) is 0 Å². The highest BCUT2D eigenvalue weighted by Gasteiger charge is 2.27. The summed E-state index contributed by atoms with van der Waals surface area (Å²) in [5.74, 6) is 0.844. The third-order valence-corrected chi connectivity index (χ3v) is 3.29. The molecule has 2 heteroatoms. The molecule has 0 aromatic carbocycles. The van der Waals surface area contributed by atoms with Crippen molar-refractivity contribution < 1.29 is 0 Å². The van der Waals surface area contributed by atoms with Crippen molar-refractivity contribution >= 4 is 0 Å². The highest BCUT2D eigenvalue weighted by molar-refractivity contribution is 4.84. The quantitative estimate of drug-likeness (QED) is 0.753. The molecular formula is C12H26N2. The highest BCUT2D eigenvalue weighted by Crippen LogP contribution is 2.27. The maximum Gasteiger partial charge on any atom is 0.0226 e. The summed E-state index contributed by atoms with van der Waals surface area (Å²) in [6.45, 7) is 7.60. The van der Waals surface area contributed by atoms with Crippen molar-refractivity contribution in [2.24, 2.45) is 11.7 Å². The zero-order valence-electron chi connectivity index (χ0n) is 10.2. The molecule has 0 saturated heterocycles. The van der Waals surface area contributed by atoms with Crippen molar-refractivity contribution in [1.29, 1.82) is 0 Å². The Labute approximate surface area is 88.8 Å². The average molecular weight is 198 g/mol. The summed E-state index contributed by atoms with van der Waals surface area (Å²) in [4.78, 5) is 2.46. The third kappa shape index (κ3) is 3.58. The van der Waals surface area contributed by atoms with E-state index in [1.54, 1.807) is 0 Å². The Morgan fingerprint density at radius 3 is 2.36 bits per heavy atom. The van der Waals surface area contributed by atoms with E-state index in [1.165, 1.54) is 25.7 Å². The van der Waals surface area contributed by atoms with E-state index in [4.69, 9.17) is 5.73 Å². The minimum Gasteiger partial charge on any atom is -0.324 e. The molecule has 0 spiro atoms. The lowest BCUT2D eigenvalue weighted by atomic mass is 9.84. The molecule has 0 aromatic heterocycles. The molecule has 14 heavy (non-hydrogen) atoms. The standard InChI is InChI=1S/C12H26N2/c1-10-7-5-6-8-11(10)14(4)9-12(2,3)13/h10-11H,5-9,13H2,1-4H3. The van der Waals surface area contributed by atoms with Gasteiger partial charge in [0.2, 0.25) is 0 Å². The van der Waals surface area contributed by atoms with Crippen LogP contribution in [0.25, 0.3) is 0 Å². The second-order valence-corrected chi connectivity index (χ2v) is 5.73. The van der Waals surface area contributed by atoms with Crippen LogP contribution in [0.4, 0.5) is 0 Å². The molecule has 1 aliphatic carbocycles. The van der Waals surface area contributed by atoms with Gasteiger partial charge in [0.1, 0.15) is 0 Å². The van der Waals surface area contributed by atoms with Gasteiger partial charge >= 0.3 is 0 Å². The van der Waals surface area contributed by atoms with Gasteiger partial charge in [0.05, 0.1) is 0 Å². The van der Waals surface area contributed by atoms with Crippen LogP contribution in [-0.4, -0.2) is 30.1 Å². The first-order chi connectivity index (χ1) is 6.40. The Hall–Kier alpha value is -0.0800. The second-order valence-electron chi connectivity index (χ2n) is 5.73. The zero-order valence-corrected chi connectivity index (χ0v) is 10.2. The molecule has 1 rings (SSSR count). The van der Waals surface area contributed by atoms with Gasteiger partial charge in [0.25, 0.3) is 0 Å². The molecule has 84 valence electrons. The number of nitrogens with zero attached hydrogens (tertiary/aromatic N) is 1. The second kappa shape index (κ2) is 4.63. The number of hydrogen-bond acceptors (Lipinski definition) is 2. The Morgan fingerprint density at radius 2 is 1.86 bits per heavy atom. The molecular weight excluding hydrogens is 172 g/mol. The van der Waals surface area contributed by atoms with E-state index in [0.29, 0.717) is 0 Å². The summed E-state index contributed by atoms with van der Waals surface area (Å²) >= 11 is 0. The number of nitrogens with two attached hydrogens (primary N) is 1. The molecule has 1 saturated carbocycles. The monoisotopic (exact) mass is 198 g/mol. The molecule has 0 bridgehead atoms. The Kier molecular flexibility index (Phi) is 3.96. The third-order valence-electron chi connectivity index (χ3n) is 3.29. The molecule has 0 radical (unpaired) electrons. The molecule has 0 aromatic rings. The van der Waals surface area contributed by atoms with Crippen molar-refractivity contribution in [3.05, 3.63) is 0 Å².